The maximum Gasteiger partial charge on any atom is 0.267 e. The van der Waals surface area contributed by atoms with Crippen LogP contribution in [0.15, 0.2) is 63.6 Å². The maximum atomic E-state index is 13.7. The van der Waals surface area contributed by atoms with Gasteiger partial charge in [-0.05, 0) is 73.6 Å². The molecule has 2 heterocycles. The summed E-state index contributed by atoms with van der Waals surface area (Å²) >= 11 is 8.90. The fourth-order valence-electron chi connectivity index (χ4n) is 4.17. The highest BCUT2D eigenvalue weighted by molar-refractivity contribution is 7.99. The number of thioether (sulfide) groups is 1. The van der Waals surface area contributed by atoms with Gasteiger partial charge in [0.2, 0.25) is 0 Å². The number of rotatable bonds is 6. The van der Waals surface area contributed by atoms with Crippen molar-refractivity contribution in [2.45, 2.75) is 37.8 Å². The summed E-state index contributed by atoms with van der Waals surface area (Å²) in [4.78, 5) is 33.1. The Bertz CT molecular complexity index is 1490. The average molecular weight is 523 g/mol. The van der Waals surface area contributed by atoms with Crippen molar-refractivity contribution in [3.8, 4) is 5.69 Å². The molecule has 0 unspecified atom stereocenters. The molecule has 0 radical (unpaired) electrons. The largest absolute Gasteiger partial charge is 0.272 e. The zero-order valence-electron chi connectivity index (χ0n) is 19.1. The number of hydrazone groups is 1. The summed E-state index contributed by atoms with van der Waals surface area (Å²) < 4.78 is 1.59. The van der Waals surface area contributed by atoms with Crippen molar-refractivity contribution < 1.29 is 4.79 Å². The first-order chi connectivity index (χ1) is 17.0. The van der Waals surface area contributed by atoms with Crippen LogP contribution in [0.4, 0.5) is 0 Å². The third kappa shape index (κ3) is 5.05. The highest BCUT2D eigenvalue weighted by Gasteiger charge is 2.23. The van der Waals surface area contributed by atoms with Gasteiger partial charge in [0.25, 0.3) is 11.5 Å². The molecule has 5 rings (SSSR count). The van der Waals surface area contributed by atoms with Gasteiger partial charge >= 0.3 is 0 Å². The van der Waals surface area contributed by atoms with Crippen molar-refractivity contribution in [2.75, 3.05) is 5.75 Å². The van der Waals surface area contributed by atoms with Crippen LogP contribution in [0.3, 0.4) is 0 Å². The molecule has 1 N–H and O–H groups in total. The van der Waals surface area contributed by atoms with Gasteiger partial charge in [-0.3, -0.25) is 14.2 Å². The van der Waals surface area contributed by atoms with E-state index in [4.69, 9.17) is 16.6 Å². The first-order valence-corrected chi connectivity index (χ1v) is 13.5. The van der Waals surface area contributed by atoms with Gasteiger partial charge in [0.05, 0.1) is 23.0 Å². The second-order valence-corrected chi connectivity index (χ2v) is 10.8. The van der Waals surface area contributed by atoms with Crippen LogP contribution >= 0.6 is 34.7 Å². The predicted molar refractivity (Wildman–Crippen MR) is 145 cm³/mol. The Morgan fingerprint density at radius 2 is 1.97 bits per heavy atom. The van der Waals surface area contributed by atoms with Crippen molar-refractivity contribution in [1.29, 1.82) is 0 Å². The lowest BCUT2D eigenvalue weighted by atomic mass is 9.97. The minimum Gasteiger partial charge on any atom is -0.272 e. The number of carbonyl (C=O) groups excluding carboxylic acids is 1. The van der Waals surface area contributed by atoms with Crippen molar-refractivity contribution in [1.82, 2.24) is 15.0 Å². The fourth-order valence-corrected chi connectivity index (χ4v) is 6.40. The fraction of sp³-hybridized carbons (Fsp3) is 0.231. The van der Waals surface area contributed by atoms with E-state index in [1.165, 1.54) is 16.6 Å². The van der Waals surface area contributed by atoms with E-state index >= 15 is 0 Å². The molecular weight excluding hydrogens is 500 g/mol. The van der Waals surface area contributed by atoms with E-state index in [1.54, 1.807) is 46.4 Å². The van der Waals surface area contributed by atoms with Gasteiger partial charge in [-0.2, -0.15) is 5.10 Å². The van der Waals surface area contributed by atoms with Crippen LogP contribution in [0.25, 0.3) is 15.9 Å². The van der Waals surface area contributed by atoms with Gasteiger partial charge in [-0.1, -0.05) is 47.6 Å². The topological polar surface area (TPSA) is 76.3 Å². The smallest absolute Gasteiger partial charge is 0.267 e. The summed E-state index contributed by atoms with van der Waals surface area (Å²) in [5.41, 5.74) is 6.28. The molecule has 0 atom stereocenters. The van der Waals surface area contributed by atoms with Gasteiger partial charge in [0, 0.05) is 9.90 Å². The Balaban J connectivity index is 1.44. The van der Waals surface area contributed by atoms with Crippen LogP contribution in [0.5, 0.6) is 0 Å². The van der Waals surface area contributed by atoms with E-state index < -0.39 is 0 Å². The number of amides is 1. The van der Waals surface area contributed by atoms with E-state index in [0.29, 0.717) is 21.3 Å². The molecule has 178 valence electrons. The summed E-state index contributed by atoms with van der Waals surface area (Å²) in [7, 11) is 0. The second-order valence-electron chi connectivity index (χ2n) is 8.34. The lowest BCUT2D eigenvalue weighted by molar-refractivity contribution is -0.118. The van der Waals surface area contributed by atoms with Gasteiger partial charge in [0.1, 0.15) is 4.83 Å². The molecule has 1 aliphatic carbocycles. The zero-order valence-corrected chi connectivity index (χ0v) is 21.5. The van der Waals surface area contributed by atoms with Crippen LogP contribution in [0, 0.1) is 6.92 Å². The molecule has 0 fully saturated rings. The number of hydrogen-bond donors (Lipinski definition) is 1. The molecule has 0 aliphatic heterocycles. The first kappa shape index (κ1) is 23.8. The number of nitrogens with one attached hydrogen (secondary N) is 1. The van der Waals surface area contributed by atoms with E-state index in [1.807, 2.05) is 31.2 Å². The quantitative estimate of drug-likeness (QED) is 0.156. The van der Waals surface area contributed by atoms with E-state index in [0.717, 1.165) is 47.2 Å². The molecule has 1 amide bonds. The summed E-state index contributed by atoms with van der Waals surface area (Å²) in [6.07, 6.45) is 5.73. The predicted octanol–water partition coefficient (Wildman–Crippen LogP) is 5.53. The number of aromatic nitrogens is 2. The number of thiophene rings is 1. The number of benzene rings is 2. The monoisotopic (exact) mass is 522 g/mol. The summed E-state index contributed by atoms with van der Waals surface area (Å²) in [5, 5.41) is 5.84. The van der Waals surface area contributed by atoms with Crippen molar-refractivity contribution in [2.24, 2.45) is 5.10 Å². The first-order valence-electron chi connectivity index (χ1n) is 11.3. The third-order valence-electron chi connectivity index (χ3n) is 5.96. The molecule has 4 aromatic rings. The number of carbonyl (C=O) groups is 1. The Labute approximate surface area is 216 Å². The Morgan fingerprint density at radius 3 is 2.77 bits per heavy atom. The molecule has 9 heteroatoms. The third-order valence-corrected chi connectivity index (χ3v) is 8.33. The van der Waals surface area contributed by atoms with Crippen LogP contribution in [-0.4, -0.2) is 27.4 Å². The standard InChI is InChI=1S/C26H23ClN4O2S2/c1-16-6-2-3-7-17(16)14-28-30-22(32)15-34-26-29-24-23(20-8-4-5-9-21(20)35-24)25(33)31(26)19-12-10-18(27)11-13-19/h2-3,6-7,10-14H,4-5,8-9,15H2,1H3,(H,30,32). The molecule has 2 aromatic carbocycles. The van der Waals surface area contributed by atoms with Crippen LogP contribution in [0.2, 0.25) is 5.02 Å². The summed E-state index contributed by atoms with van der Waals surface area (Å²) in [5.74, 6) is -0.204. The Kier molecular flexibility index (Phi) is 7.04. The van der Waals surface area contributed by atoms with Gasteiger partial charge in [-0.25, -0.2) is 10.4 Å². The molecule has 1 aliphatic rings. The summed E-state index contributed by atoms with van der Waals surface area (Å²) in [6, 6.07) is 14.9. The minimum absolute atomic E-state index is 0.0712. The lowest BCUT2D eigenvalue weighted by Gasteiger charge is -2.13. The molecule has 6 nitrogen and oxygen atoms in total. The number of hydrogen-bond acceptors (Lipinski definition) is 6. The molecule has 35 heavy (non-hydrogen) atoms. The second kappa shape index (κ2) is 10.4. The van der Waals surface area contributed by atoms with Crippen LogP contribution in [0.1, 0.15) is 34.4 Å². The van der Waals surface area contributed by atoms with E-state index in [9.17, 15) is 9.59 Å². The van der Waals surface area contributed by atoms with Crippen molar-refractivity contribution >= 4 is 57.0 Å². The maximum absolute atomic E-state index is 13.7. The van der Waals surface area contributed by atoms with Crippen molar-refractivity contribution in [3.05, 3.63) is 85.5 Å². The SMILES string of the molecule is Cc1ccccc1C=NNC(=O)CSc1nc2sc3c(c2c(=O)n1-c1ccc(Cl)cc1)CCCC3. The lowest BCUT2D eigenvalue weighted by Crippen LogP contribution is -2.24. The molecule has 0 saturated carbocycles. The highest BCUT2D eigenvalue weighted by Crippen LogP contribution is 2.35. The molecule has 0 bridgehead atoms. The molecule has 2 aromatic heterocycles. The number of fused-ring (bicyclic) bond motifs is 3. The van der Waals surface area contributed by atoms with Crippen molar-refractivity contribution in [3.63, 3.8) is 0 Å². The number of nitrogens with zero attached hydrogens (tertiary/aromatic N) is 3. The Morgan fingerprint density at radius 1 is 1.20 bits per heavy atom. The normalized spacial score (nSPS) is 13.3. The van der Waals surface area contributed by atoms with Crippen LogP contribution < -0.4 is 11.0 Å². The van der Waals surface area contributed by atoms with Gasteiger partial charge < -0.3 is 0 Å². The summed E-state index contributed by atoms with van der Waals surface area (Å²) in [6.45, 7) is 1.99. The van der Waals surface area contributed by atoms with Gasteiger partial charge in [0.15, 0.2) is 5.16 Å². The number of aryl methyl sites for hydroxylation is 3. The zero-order chi connectivity index (χ0) is 24.4. The Hall–Kier alpha value is -2.94. The molecular formula is C26H23ClN4O2S2. The van der Waals surface area contributed by atoms with E-state index in [2.05, 4.69) is 10.5 Å². The minimum atomic E-state index is -0.276. The number of halogens is 1. The van der Waals surface area contributed by atoms with Gasteiger partial charge in [-0.15, -0.1) is 11.3 Å². The average Bonchev–Trinajstić information content (AvgIpc) is 3.23. The van der Waals surface area contributed by atoms with E-state index in [-0.39, 0.29) is 17.2 Å². The highest BCUT2D eigenvalue weighted by atomic mass is 35.5. The molecule has 0 saturated heterocycles. The van der Waals surface area contributed by atoms with Crippen LogP contribution in [-0.2, 0) is 17.6 Å². The molecule has 0 spiro atoms.